The molecule has 21 heavy (non-hydrogen) atoms. The molecule has 108 valence electrons. The predicted molar refractivity (Wildman–Crippen MR) is 82.8 cm³/mol. The zero-order valence-corrected chi connectivity index (χ0v) is 12.2. The minimum Gasteiger partial charge on any atom is -0.323 e. The highest BCUT2D eigenvalue weighted by Crippen LogP contribution is 2.18. The molecule has 2 rings (SSSR count). The number of amides is 2. The van der Waals surface area contributed by atoms with Crippen molar-refractivity contribution in [1.82, 2.24) is 4.98 Å². The smallest absolute Gasteiger partial charge is 0.258 e. The number of aromatic nitrogens is 1. The van der Waals surface area contributed by atoms with Gasteiger partial charge in [0.25, 0.3) is 11.8 Å². The van der Waals surface area contributed by atoms with Gasteiger partial charge >= 0.3 is 0 Å². The molecule has 0 atom stereocenters. The van der Waals surface area contributed by atoms with E-state index in [0.29, 0.717) is 11.5 Å². The number of alkyl halides is 2. The Hall–Kier alpha value is -2.11. The van der Waals surface area contributed by atoms with E-state index < -0.39 is 16.7 Å². The molecular weight excluding hydrogens is 313 g/mol. The lowest BCUT2D eigenvalue weighted by Gasteiger charge is -2.11. The summed E-state index contributed by atoms with van der Waals surface area (Å²) in [7, 11) is 0. The Morgan fingerprint density at radius 2 is 1.71 bits per heavy atom. The van der Waals surface area contributed by atoms with Gasteiger partial charge in [-0.25, -0.2) is 4.98 Å². The summed E-state index contributed by atoms with van der Waals surface area (Å²) in [6, 6.07) is 11.7. The highest BCUT2D eigenvalue weighted by Gasteiger charge is 2.16. The summed E-state index contributed by atoms with van der Waals surface area (Å²) in [4.78, 5) is 26.5. The van der Waals surface area contributed by atoms with Crippen molar-refractivity contribution in [3.63, 3.8) is 0 Å². The normalized spacial score (nSPS) is 10.2. The molecule has 0 aliphatic heterocycles. The highest BCUT2D eigenvalue weighted by atomic mass is 35.5. The van der Waals surface area contributed by atoms with E-state index >= 15 is 0 Å². The minimum atomic E-state index is -1.21. The molecule has 1 aromatic carbocycles. The van der Waals surface area contributed by atoms with Crippen LogP contribution in [0.25, 0.3) is 0 Å². The van der Waals surface area contributed by atoms with E-state index in [1.807, 2.05) is 0 Å². The molecule has 0 radical (unpaired) electrons. The van der Waals surface area contributed by atoms with E-state index in [0.717, 1.165) is 0 Å². The van der Waals surface area contributed by atoms with E-state index in [1.165, 1.54) is 0 Å². The molecule has 0 spiro atoms. The van der Waals surface area contributed by atoms with Gasteiger partial charge < -0.3 is 10.6 Å². The molecule has 2 amide bonds. The molecule has 0 bridgehead atoms. The zero-order valence-electron chi connectivity index (χ0n) is 10.7. The van der Waals surface area contributed by atoms with Gasteiger partial charge in [-0.05, 0) is 24.3 Å². The van der Waals surface area contributed by atoms with Crippen molar-refractivity contribution in [2.45, 2.75) is 4.84 Å². The van der Waals surface area contributed by atoms with Crippen molar-refractivity contribution in [1.29, 1.82) is 0 Å². The molecule has 0 unspecified atom stereocenters. The number of carbonyl (C=O) groups excluding carboxylic acids is 2. The van der Waals surface area contributed by atoms with Gasteiger partial charge in [0.1, 0.15) is 5.82 Å². The molecule has 1 heterocycles. The van der Waals surface area contributed by atoms with Crippen LogP contribution >= 0.6 is 23.2 Å². The fourth-order valence-corrected chi connectivity index (χ4v) is 1.71. The van der Waals surface area contributed by atoms with Crippen molar-refractivity contribution in [3.05, 3.63) is 54.2 Å². The summed E-state index contributed by atoms with van der Waals surface area (Å²) in [5.41, 5.74) is 0.604. The maximum absolute atomic E-state index is 12.2. The largest absolute Gasteiger partial charge is 0.323 e. The third kappa shape index (κ3) is 4.18. The number of benzene rings is 1. The fraction of sp³-hybridized carbons (Fsp3) is 0.0714. The lowest BCUT2D eigenvalue weighted by molar-refractivity contribution is -0.114. The maximum atomic E-state index is 12.2. The summed E-state index contributed by atoms with van der Waals surface area (Å²) in [5.74, 6) is -0.585. The first-order valence-corrected chi connectivity index (χ1v) is 6.85. The molecule has 2 aromatic rings. The standard InChI is InChI=1S/C14H11Cl2N3O2/c15-12(16)14(21)18-10-6-2-1-5-9(10)13(20)19-11-7-3-4-8-17-11/h1-8,12H,(H,18,21)(H,17,19,20). The van der Waals surface area contributed by atoms with Crippen LogP contribution in [-0.2, 0) is 4.79 Å². The monoisotopic (exact) mass is 323 g/mol. The average Bonchev–Trinajstić information content (AvgIpc) is 2.48. The van der Waals surface area contributed by atoms with Crippen molar-refractivity contribution in [3.8, 4) is 0 Å². The second kappa shape index (κ2) is 7.06. The minimum absolute atomic E-state index is 0.283. The Kier molecular flexibility index (Phi) is 5.14. The van der Waals surface area contributed by atoms with Crippen LogP contribution in [-0.4, -0.2) is 21.6 Å². The summed E-state index contributed by atoms with van der Waals surface area (Å²) >= 11 is 11.0. The number of carbonyl (C=O) groups is 2. The number of anilines is 2. The number of para-hydroxylation sites is 1. The van der Waals surface area contributed by atoms with Crippen LogP contribution in [0.1, 0.15) is 10.4 Å². The van der Waals surface area contributed by atoms with Crippen LogP contribution in [0, 0.1) is 0 Å². The second-order valence-electron chi connectivity index (χ2n) is 4.00. The van der Waals surface area contributed by atoms with Crippen LogP contribution in [0.2, 0.25) is 0 Å². The average molecular weight is 324 g/mol. The lowest BCUT2D eigenvalue weighted by atomic mass is 10.1. The van der Waals surface area contributed by atoms with E-state index in [4.69, 9.17) is 23.2 Å². The number of hydrogen-bond acceptors (Lipinski definition) is 3. The summed E-state index contributed by atoms with van der Waals surface area (Å²) in [5, 5.41) is 5.13. The van der Waals surface area contributed by atoms with Gasteiger partial charge in [0.05, 0.1) is 11.3 Å². The van der Waals surface area contributed by atoms with Crippen LogP contribution in [0.3, 0.4) is 0 Å². The van der Waals surface area contributed by atoms with Crippen LogP contribution < -0.4 is 10.6 Å². The Balaban J connectivity index is 2.19. The Morgan fingerprint density at radius 1 is 1.00 bits per heavy atom. The van der Waals surface area contributed by atoms with Gasteiger partial charge in [-0.2, -0.15) is 0 Å². The molecule has 2 N–H and O–H groups in total. The van der Waals surface area contributed by atoms with Gasteiger partial charge in [0, 0.05) is 6.20 Å². The van der Waals surface area contributed by atoms with Crippen molar-refractivity contribution < 1.29 is 9.59 Å². The van der Waals surface area contributed by atoms with Gasteiger partial charge in [0.15, 0.2) is 4.84 Å². The second-order valence-corrected chi connectivity index (χ2v) is 5.10. The molecular formula is C14H11Cl2N3O2. The van der Waals surface area contributed by atoms with Gasteiger partial charge in [0.2, 0.25) is 0 Å². The highest BCUT2D eigenvalue weighted by molar-refractivity contribution is 6.54. The molecule has 0 saturated heterocycles. The predicted octanol–water partition coefficient (Wildman–Crippen LogP) is 3.08. The van der Waals surface area contributed by atoms with Gasteiger partial charge in [-0.15, -0.1) is 0 Å². The number of nitrogens with one attached hydrogen (secondary N) is 2. The van der Waals surface area contributed by atoms with Crippen molar-refractivity contribution in [2.24, 2.45) is 0 Å². The van der Waals surface area contributed by atoms with Gasteiger partial charge in [-0.3, -0.25) is 9.59 Å². The van der Waals surface area contributed by atoms with E-state index in [-0.39, 0.29) is 5.56 Å². The van der Waals surface area contributed by atoms with Crippen molar-refractivity contribution >= 4 is 46.5 Å². The first kappa shape index (κ1) is 15.3. The summed E-state index contributed by atoms with van der Waals surface area (Å²) in [6.45, 7) is 0. The van der Waals surface area contributed by atoms with E-state index in [1.54, 1.807) is 48.7 Å². The Morgan fingerprint density at radius 3 is 2.38 bits per heavy atom. The summed E-state index contributed by atoms with van der Waals surface area (Å²) < 4.78 is 0. The van der Waals surface area contributed by atoms with E-state index in [2.05, 4.69) is 15.6 Å². The maximum Gasteiger partial charge on any atom is 0.258 e. The zero-order chi connectivity index (χ0) is 15.2. The lowest BCUT2D eigenvalue weighted by Crippen LogP contribution is -2.22. The van der Waals surface area contributed by atoms with E-state index in [9.17, 15) is 9.59 Å². The van der Waals surface area contributed by atoms with Crippen molar-refractivity contribution in [2.75, 3.05) is 10.6 Å². The fourth-order valence-electron chi connectivity index (χ4n) is 1.60. The number of pyridine rings is 1. The molecule has 0 aliphatic carbocycles. The number of hydrogen-bond donors (Lipinski definition) is 2. The third-order valence-electron chi connectivity index (χ3n) is 2.53. The number of rotatable bonds is 4. The van der Waals surface area contributed by atoms with Crippen LogP contribution in [0.15, 0.2) is 48.7 Å². The quantitative estimate of drug-likeness (QED) is 0.849. The molecule has 7 heteroatoms. The third-order valence-corrected chi connectivity index (χ3v) is 2.93. The Labute approximate surface area is 131 Å². The Bertz CT molecular complexity index is 648. The first-order chi connectivity index (χ1) is 10.1. The first-order valence-electron chi connectivity index (χ1n) is 5.98. The van der Waals surface area contributed by atoms with Crippen LogP contribution in [0.4, 0.5) is 11.5 Å². The van der Waals surface area contributed by atoms with Gasteiger partial charge in [-0.1, -0.05) is 41.4 Å². The molecule has 0 saturated carbocycles. The summed E-state index contributed by atoms with van der Waals surface area (Å²) in [6.07, 6.45) is 1.56. The topological polar surface area (TPSA) is 71.1 Å². The molecule has 5 nitrogen and oxygen atoms in total. The SMILES string of the molecule is O=C(Nc1ccccn1)c1ccccc1NC(=O)C(Cl)Cl. The molecule has 1 aromatic heterocycles. The van der Waals surface area contributed by atoms with Crippen LogP contribution in [0.5, 0.6) is 0 Å². The number of halogens is 2. The molecule has 0 fully saturated rings. The molecule has 0 aliphatic rings. The number of nitrogens with zero attached hydrogens (tertiary/aromatic N) is 1.